The highest BCUT2D eigenvalue weighted by molar-refractivity contribution is 7.91. The maximum atomic E-state index is 13.0. The van der Waals surface area contributed by atoms with E-state index in [-0.39, 0.29) is 16.8 Å². The summed E-state index contributed by atoms with van der Waals surface area (Å²) in [5.74, 6) is -1.94. The van der Waals surface area contributed by atoms with E-state index in [0.717, 1.165) is 50.7 Å². The van der Waals surface area contributed by atoms with E-state index in [1.807, 2.05) is 0 Å². The van der Waals surface area contributed by atoms with Gasteiger partial charge in [0.25, 0.3) is 0 Å². The molecule has 0 atom stereocenters. The van der Waals surface area contributed by atoms with Gasteiger partial charge in [-0.15, -0.1) is 0 Å². The molecule has 1 aromatic rings. The van der Waals surface area contributed by atoms with Crippen LogP contribution in [-0.4, -0.2) is 26.1 Å². The van der Waals surface area contributed by atoms with Crippen LogP contribution >= 0.6 is 11.6 Å². The SMILES string of the molecule is O=C(CS(=O)(=O)Cc1ccc(F)cc1Cl)NC1CCCCCCC1. The van der Waals surface area contributed by atoms with Crippen LogP contribution in [0.1, 0.15) is 50.5 Å². The second-order valence-corrected chi connectivity index (χ2v) is 8.85. The van der Waals surface area contributed by atoms with Gasteiger partial charge in [-0.05, 0) is 30.5 Å². The van der Waals surface area contributed by atoms with Crippen molar-refractivity contribution in [2.24, 2.45) is 0 Å². The summed E-state index contributed by atoms with van der Waals surface area (Å²) in [5.41, 5.74) is 0.303. The van der Waals surface area contributed by atoms with Crippen molar-refractivity contribution in [3.05, 3.63) is 34.6 Å². The Morgan fingerprint density at radius 1 is 1.17 bits per heavy atom. The van der Waals surface area contributed by atoms with Gasteiger partial charge in [0.2, 0.25) is 5.91 Å². The van der Waals surface area contributed by atoms with Gasteiger partial charge in [0.05, 0.1) is 5.75 Å². The normalized spacial score (nSPS) is 17.1. The van der Waals surface area contributed by atoms with E-state index in [9.17, 15) is 17.6 Å². The minimum Gasteiger partial charge on any atom is -0.352 e. The van der Waals surface area contributed by atoms with E-state index in [4.69, 9.17) is 11.6 Å². The molecule has 1 aromatic carbocycles. The Balaban J connectivity index is 1.91. The van der Waals surface area contributed by atoms with Crippen LogP contribution in [0.25, 0.3) is 0 Å². The van der Waals surface area contributed by atoms with Crippen LogP contribution in [-0.2, 0) is 20.4 Å². The van der Waals surface area contributed by atoms with E-state index in [1.54, 1.807) is 0 Å². The number of carbonyl (C=O) groups is 1. The molecule has 1 amide bonds. The number of hydrogen-bond acceptors (Lipinski definition) is 3. The third-order valence-electron chi connectivity index (χ3n) is 4.21. The largest absolute Gasteiger partial charge is 0.352 e. The Kier molecular flexibility index (Phi) is 7.04. The molecule has 0 radical (unpaired) electrons. The van der Waals surface area contributed by atoms with Gasteiger partial charge in [0.1, 0.15) is 11.6 Å². The molecule has 0 spiro atoms. The zero-order chi connectivity index (χ0) is 17.6. The van der Waals surface area contributed by atoms with Crippen LogP contribution in [0.15, 0.2) is 18.2 Å². The van der Waals surface area contributed by atoms with Crippen LogP contribution < -0.4 is 5.32 Å². The second kappa shape index (κ2) is 8.81. The molecule has 0 heterocycles. The maximum absolute atomic E-state index is 13.0. The number of amides is 1. The van der Waals surface area contributed by atoms with Crippen molar-refractivity contribution in [1.82, 2.24) is 5.32 Å². The molecule has 0 unspecified atom stereocenters. The quantitative estimate of drug-likeness (QED) is 0.854. The number of benzene rings is 1. The monoisotopic (exact) mass is 375 g/mol. The topological polar surface area (TPSA) is 63.2 Å². The highest BCUT2D eigenvalue weighted by Gasteiger charge is 2.21. The number of carbonyl (C=O) groups excluding carboxylic acids is 1. The fraction of sp³-hybridized carbons (Fsp3) is 0.588. The highest BCUT2D eigenvalue weighted by Crippen LogP contribution is 2.20. The molecule has 1 aliphatic carbocycles. The lowest BCUT2D eigenvalue weighted by Crippen LogP contribution is -2.39. The lowest BCUT2D eigenvalue weighted by molar-refractivity contribution is -0.119. The lowest BCUT2D eigenvalue weighted by Gasteiger charge is -2.21. The summed E-state index contributed by atoms with van der Waals surface area (Å²) in [6.07, 6.45) is 7.46. The molecule has 24 heavy (non-hydrogen) atoms. The Hall–Kier alpha value is -1.14. The molecule has 1 saturated carbocycles. The Morgan fingerprint density at radius 3 is 2.42 bits per heavy atom. The second-order valence-electron chi connectivity index (χ2n) is 6.38. The van der Waals surface area contributed by atoms with Crippen molar-refractivity contribution in [2.45, 2.75) is 56.7 Å². The van der Waals surface area contributed by atoms with E-state index < -0.39 is 27.3 Å². The molecule has 0 aliphatic heterocycles. The molecule has 7 heteroatoms. The Labute approximate surface area is 147 Å². The molecule has 4 nitrogen and oxygen atoms in total. The minimum atomic E-state index is -3.66. The molecular formula is C17H23ClFNO3S. The van der Waals surface area contributed by atoms with Gasteiger partial charge in [-0.3, -0.25) is 4.79 Å². The molecule has 2 rings (SSSR count). The fourth-order valence-corrected chi connectivity index (χ4v) is 4.62. The van der Waals surface area contributed by atoms with Crippen molar-refractivity contribution >= 4 is 27.3 Å². The molecule has 0 bridgehead atoms. The third kappa shape index (κ3) is 6.40. The van der Waals surface area contributed by atoms with Crippen molar-refractivity contribution in [3.8, 4) is 0 Å². The molecule has 0 saturated heterocycles. The van der Waals surface area contributed by atoms with Crippen LogP contribution in [0.3, 0.4) is 0 Å². The van der Waals surface area contributed by atoms with Gasteiger partial charge in [0, 0.05) is 11.1 Å². The molecule has 1 aliphatic rings. The summed E-state index contributed by atoms with van der Waals surface area (Å²) < 4.78 is 37.4. The molecule has 134 valence electrons. The molecule has 1 N–H and O–H groups in total. The van der Waals surface area contributed by atoms with Gasteiger partial charge in [-0.25, -0.2) is 12.8 Å². The number of nitrogens with one attached hydrogen (secondary N) is 1. The summed E-state index contributed by atoms with van der Waals surface area (Å²) in [6.45, 7) is 0. The molecule has 1 fully saturated rings. The number of hydrogen-bond donors (Lipinski definition) is 1. The van der Waals surface area contributed by atoms with E-state index in [1.165, 1.54) is 12.5 Å². The van der Waals surface area contributed by atoms with E-state index in [0.29, 0.717) is 5.56 Å². The van der Waals surface area contributed by atoms with Gasteiger partial charge in [-0.2, -0.15) is 0 Å². The summed E-state index contributed by atoms with van der Waals surface area (Å²) in [5, 5.41) is 2.90. The first-order chi connectivity index (χ1) is 11.4. The fourth-order valence-electron chi connectivity index (χ4n) is 3.00. The summed E-state index contributed by atoms with van der Waals surface area (Å²) in [6, 6.07) is 3.62. The average Bonchev–Trinajstić information content (AvgIpc) is 2.44. The van der Waals surface area contributed by atoms with Crippen LogP contribution in [0.4, 0.5) is 4.39 Å². The zero-order valence-electron chi connectivity index (χ0n) is 13.6. The first-order valence-corrected chi connectivity index (χ1v) is 10.5. The Morgan fingerprint density at radius 2 is 1.79 bits per heavy atom. The molecule has 0 aromatic heterocycles. The predicted octanol–water partition coefficient (Wildman–Crippen LogP) is 3.62. The summed E-state index contributed by atoms with van der Waals surface area (Å²) in [7, 11) is -3.66. The first kappa shape index (κ1) is 19.2. The first-order valence-electron chi connectivity index (χ1n) is 8.29. The highest BCUT2D eigenvalue weighted by atomic mass is 35.5. The van der Waals surface area contributed by atoms with Gasteiger partial charge < -0.3 is 5.32 Å². The predicted molar refractivity (Wildman–Crippen MR) is 93.2 cm³/mol. The van der Waals surface area contributed by atoms with E-state index in [2.05, 4.69) is 5.32 Å². The van der Waals surface area contributed by atoms with Crippen molar-refractivity contribution in [1.29, 1.82) is 0 Å². The lowest BCUT2D eigenvalue weighted by atomic mass is 9.97. The number of rotatable bonds is 5. The van der Waals surface area contributed by atoms with Crippen LogP contribution in [0, 0.1) is 5.82 Å². The van der Waals surface area contributed by atoms with Crippen LogP contribution in [0.2, 0.25) is 5.02 Å². The zero-order valence-corrected chi connectivity index (χ0v) is 15.1. The average molecular weight is 376 g/mol. The Bertz CT molecular complexity index is 670. The van der Waals surface area contributed by atoms with E-state index >= 15 is 0 Å². The van der Waals surface area contributed by atoms with Crippen molar-refractivity contribution < 1.29 is 17.6 Å². The maximum Gasteiger partial charge on any atom is 0.235 e. The van der Waals surface area contributed by atoms with Gasteiger partial charge in [0.15, 0.2) is 9.84 Å². The smallest absolute Gasteiger partial charge is 0.235 e. The summed E-state index contributed by atoms with van der Waals surface area (Å²) in [4.78, 5) is 12.1. The third-order valence-corrected chi connectivity index (χ3v) is 6.02. The molecular weight excluding hydrogens is 353 g/mol. The van der Waals surface area contributed by atoms with Gasteiger partial charge >= 0.3 is 0 Å². The minimum absolute atomic E-state index is 0.0546. The number of sulfone groups is 1. The van der Waals surface area contributed by atoms with Gasteiger partial charge in [-0.1, -0.05) is 49.8 Å². The van der Waals surface area contributed by atoms with Crippen molar-refractivity contribution in [3.63, 3.8) is 0 Å². The van der Waals surface area contributed by atoms with Crippen molar-refractivity contribution in [2.75, 3.05) is 5.75 Å². The number of halogens is 2. The summed E-state index contributed by atoms with van der Waals surface area (Å²) >= 11 is 5.86. The standard InChI is InChI=1S/C17H23ClFNO3S/c18-16-10-14(19)9-8-13(16)11-24(22,23)12-17(21)20-15-6-4-2-1-3-5-7-15/h8-10,15H,1-7,11-12H2,(H,20,21). The van der Waals surface area contributed by atoms with Crippen LogP contribution in [0.5, 0.6) is 0 Å².